The monoisotopic (exact) mass is 301 g/mol. The Kier molecular flexibility index (Phi) is 6.49. The van der Waals surface area contributed by atoms with E-state index in [-0.39, 0.29) is 11.6 Å². The smallest absolute Gasteiger partial charge is 0.0847 e. The molecule has 0 aliphatic rings. The number of nitrogens with zero attached hydrogens (tertiary/aromatic N) is 2. The molecule has 20 heavy (non-hydrogen) atoms. The quantitative estimate of drug-likeness (QED) is 0.801. The number of hydrogen-bond acceptors (Lipinski definition) is 3. The van der Waals surface area contributed by atoms with Crippen LogP contribution in [-0.2, 0) is 17.7 Å². The van der Waals surface area contributed by atoms with Crippen LogP contribution in [-0.4, -0.2) is 35.1 Å². The minimum Gasteiger partial charge on any atom is -0.377 e. The Bertz CT molecular complexity index is 427. The van der Waals surface area contributed by atoms with Crippen molar-refractivity contribution >= 4 is 11.6 Å². The highest BCUT2D eigenvalue weighted by Gasteiger charge is 2.33. The summed E-state index contributed by atoms with van der Waals surface area (Å²) in [6.07, 6.45) is 1.76. The molecule has 1 aromatic rings. The summed E-state index contributed by atoms with van der Waals surface area (Å²) in [5.74, 6) is 0. The molecule has 0 fully saturated rings. The molecule has 0 aliphatic carbocycles. The molecule has 0 radical (unpaired) electrons. The summed E-state index contributed by atoms with van der Waals surface area (Å²) in [7, 11) is 1.78. The molecule has 0 spiro atoms. The third-order valence-electron chi connectivity index (χ3n) is 4.21. The van der Waals surface area contributed by atoms with Gasteiger partial charge in [-0.3, -0.25) is 4.68 Å². The highest BCUT2D eigenvalue weighted by atomic mass is 35.5. The van der Waals surface area contributed by atoms with Crippen molar-refractivity contribution in [2.24, 2.45) is 0 Å². The van der Waals surface area contributed by atoms with Crippen molar-refractivity contribution < 1.29 is 4.74 Å². The molecule has 0 amide bonds. The van der Waals surface area contributed by atoms with E-state index in [1.54, 1.807) is 7.11 Å². The van der Waals surface area contributed by atoms with Crippen molar-refractivity contribution in [3.05, 3.63) is 16.4 Å². The molecule has 0 bridgehead atoms. The number of aromatic nitrogens is 2. The number of methoxy groups -OCH3 is 1. The fourth-order valence-electron chi connectivity index (χ4n) is 2.54. The van der Waals surface area contributed by atoms with Crippen molar-refractivity contribution in [3.63, 3.8) is 0 Å². The lowest BCUT2D eigenvalue weighted by atomic mass is 9.89. The fourth-order valence-corrected chi connectivity index (χ4v) is 2.75. The van der Waals surface area contributed by atoms with Crippen molar-refractivity contribution in [1.29, 1.82) is 0 Å². The number of nitrogens with one attached hydrogen (secondary N) is 1. The van der Waals surface area contributed by atoms with Crippen LogP contribution in [0.25, 0.3) is 0 Å². The zero-order valence-corrected chi connectivity index (χ0v) is 14.3. The Hall–Kier alpha value is -0.580. The molecule has 2 unspecified atom stereocenters. The summed E-state index contributed by atoms with van der Waals surface area (Å²) in [4.78, 5) is 0. The first-order valence-corrected chi connectivity index (χ1v) is 7.81. The zero-order valence-electron chi connectivity index (χ0n) is 13.6. The largest absolute Gasteiger partial charge is 0.377 e. The second-order valence-electron chi connectivity index (χ2n) is 5.35. The number of aryl methyl sites for hydroxylation is 2. The van der Waals surface area contributed by atoms with Crippen molar-refractivity contribution in [2.75, 3.05) is 13.7 Å². The van der Waals surface area contributed by atoms with Crippen LogP contribution >= 0.6 is 11.6 Å². The summed E-state index contributed by atoms with van der Waals surface area (Å²) in [6, 6.07) is 0.210. The van der Waals surface area contributed by atoms with Gasteiger partial charge < -0.3 is 10.1 Å². The van der Waals surface area contributed by atoms with E-state index in [1.807, 2.05) is 11.6 Å². The van der Waals surface area contributed by atoms with E-state index in [9.17, 15) is 0 Å². The van der Waals surface area contributed by atoms with Gasteiger partial charge in [0.1, 0.15) is 0 Å². The number of hydrogen-bond donors (Lipinski definition) is 1. The minimum atomic E-state index is -0.212. The van der Waals surface area contributed by atoms with Crippen LogP contribution in [0, 0.1) is 6.92 Å². The summed E-state index contributed by atoms with van der Waals surface area (Å²) < 4.78 is 7.75. The average Bonchev–Trinajstić information content (AvgIpc) is 2.73. The highest BCUT2D eigenvalue weighted by molar-refractivity contribution is 6.31. The van der Waals surface area contributed by atoms with Crippen LogP contribution < -0.4 is 5.32 Å². The second-order valence-corrected chi connectivity index (χ2v) is 5.72. The van der Waals surface area contributed by atoms with Gasteiger partial charge in [-0.15, -0.1) is 0 Å². The van der Waals surface area contributed by atoms with Crippen LogP contribution in [0.1, 0.15) is 45.5 Å². The molecule has 1 heterocycles. The summed E-state index contributed by atoms with van der Waals surface area (Å²) in [6.45, 7) is 12.2. The predicted octanol–water partition coefficient (Wildman–Crippen LogP) is 3.20. The topological polar surface area (TPSA) is 39.1 Å². The Morgan fingerprint density at radius 2 is 2.05 bits per heavy atom. The molecule has 0 aromatic carbocycles. The number of rotatable bonds is 8. The maximum absolute atomic E-state index is 6.42. The van der Waals surface area contributed by atoms with Crippen molar-refractivity contribution in [1.82, 2.24) is 15.1 Å². The van der Waals surface area contributed by atoms with Crippen molar-refractivity contribution in [3.8, 4) is 0 Å². The van der Waals surface area contributed by atoms with Crippen LogP contribution in [0.5, 0.6) is 0 Å². The van der Waals surface area contributed by atoms with Gasteiger partial charge in [-0.25, -0.2) is 0 Å². The molecule has 1 N–H and O–H groups in total. The molecule has 0 aliphatic heterocycles. The standard InChI is InChI=1S/C15H28ClN3O/c1-7-15(5,20-6)13(17-8-2)10-12-14(16)11(4)18-19(12)9-3/h13,17H,7-10H2,1-6H3. The molecule has 4 nitrogen and oxygen atoms in total. The first kappa shape index (κ1) is 17.5. The van der Waals surface area contributed by atoms with Gasteiger partial charge in [0.15, 0.2) is 0 Å². The third-order valence-corrected chi connectivity index (χ3v) is 4.70. The molecule has 1 rings (SSSR count). The van der Waals surface area contributed by atoms with E-state index >= 15 is 0 Å². The van der Waals surface area contributed by atoms with Gasteiger partial charge in [-0.05, 0) is 33.7 Å². The Labute approximate surface area is 127 Å². The van der Waals surface area contributed by atoms with E-state index < -0.39 is 0 Å². The Morgan fingerprint density at radius 1 is 1.40 bits per heavy atom. The van der Waals surface area contributed by atoms with Crippen LogP contribution in [0.2, 0.25) is 5.02 Å². The van der Waals surface area contributed by atoms with Crippen molar-refractivity contribution in [2.45, 2.75) is 65.6 Å². The Morgan fingerprint density at radius 3 is 2.50 bits per heavy atom. The lowest BCUT2D eigenvalue weighted by molar-refractivity contribution is -0.0288. The van der Waals surface area contributed by atoms with Crippen LogP contribution in [0.15, 0.2) is 0 Å². The van der Waals surface area contributed by atoms with Gasteiger partial charge in [-0.2, -0.15) is 5.10 Å². The van der Waals surface area contributed by atoms with Gasteiger partial charge >= 0.3 is 0 Å². The van der Waals surface area contributed by atoms with Gasteiger partial charge in [0.05, 0.1) is 22.0 Å². The van der Waals surface area contributed by atoms with Gasteiger partial charge in [0, 0.05) is 26.1 Å². The van der Waals surface area contributed by atoms with E-state index in [2.05, 4.69) is 38.1 Å². The first-order valence-electron chi connectivity index (χ1n) is 7.43. The van der Waals surface area contributed by atoms with Crippen LogP contribution in [0.4, 0.5) is 0 Å². The summed E-state index contributed by atoms with van der Waals surface area (Å²) in [5, 5.41) is 8.81. The second kappa shape index (κ2) is 7.43. The maximum Gasteiger partial charge on any atom is 0.0847 e. The number of likely N-dealkylation sites (N-methyl/N-ethyl adjacent to an activating group) is 1. The number of halogens is 1. The third kappa shape index (κ3) is 3.54. The lowest BCUT2D eigenvalue weighted by Crippen LogP contribution is -2.51. The molecule has 116 valence electrons. The molecule has 5 heteroatoms. The molecule has 0 saturated carbocycles. The van der Waals surface area contributed by atoms with Gasteiger partial charge in [-0.1, -0.05) is 25.4 Å². The normalized spacial score (nSPS) is 16.1. The predicted molar refractivity (Wildman–Crippen MR) is 84.5 cm³/mol. The van der Waals surface area contributed by atoms with E-state index in [1.165, 1.54) is 0 Å². The minimum absolute atomic E-state index is 0.210. The summed E-state index contributed by atoms with van der Waals surface area (Å²) in [5.41, 5.74) is 1.78. The lowest BCUT2D eigenvalue weighted by Gasteiger charge is -2.36. The summed E-state index contributed by atoms with van der Waals surface area (Å²) >= 11 is 6.42. The zero-order chi connectivity index (χ0) is 15.3. The molecular formula is C15H28ClN3O. The molecule has 0 saturated heterocycles. The van der Waals surface area contributed by atoms with E-state index in [4.69, 9.17) is 16.3 Å². The molecular weight excluding hydrogens is 274 g/mol. The van der Waals surface area contributed by atoms with Crippen LogP contribution in [0.3, 0.4) is 0 Å². The fraction of sp³-hybridized carbons (Fsp3) is 0.800. The Balaban J connectivity index is 3.08. The molecule has 1 aromatic heterocycles. The average molecular weight is 302 g/mol. The number of ether oxygens (including phenoxy) is 1. The SMILES string of the molecule is CCNC(Cc1c(Cl)c(C)nn1CC)C(C)(CC)OC. The van der Waals surface area contributed by atoms with Gasteiger partial charge in [0.25, 0.3) is 0 Å². The molecule has 2 atom stereocenters. The highest BCUT2D eigenvalue weighted by Crippen LogP contribution is 2.27. The van der Waals surface area contributed by atoms with E-state index in [0.717, 1.165) is 42.3 Å². The first-order chi connectivity index (χ1) is 9.43. The van der Waals surface area contributed by atoms with E-state index in [0.29, 0.717) is 0 Å². The van der Waals surface area contributed by atoms with Gasteiger partial charge in [0.2, 0.25) is 0 Å². The maximum atomic E-state index is 6.42.